The third kappa shape index (κ3) is 1.97. The minimum atomic E-state index is 0.248. The molecule has 0 aromatic heterocycles. The second-order valence-electron chi connectivity index (χ2n) is 1.67. The Morgan fingerprint density at radius 2 is 1.75 bits per heavy atom. The summed E-state index contributed by atoms with van der Waals surface area (Å²) in [7, 11) is 3.64. The fourth-order valence-corrected chi connectivity index (χ4v) is 0.258. The van der Waals surface area contributed by atoms with Gasteiger partial charge in [-0.1, -0.05) is 0 Å². The van der Waals surface area contributed by atoms with E-state index >= 15 is 0 Å². The molecule has 0 aliphatic heterocycles. The van der Waals surface area contributed by atoms with Gasteiger partial charge in [0.15, 0.2) is 0 Å². The Balaban J connectivity index is 4.00. The first-order valence-corrected chi connectivity index (χ1v) is 2.62. The lowest BCUT2D eigenvalue weighted by atomic mass is 10.7. The number of nitrogens with zero attached hydrogens (tertiary/aromatic N) is 1. The van der Waals surface area contributed by atoms with Crippen LogP contribution in [0.2, 0.25) is 0 Å². The summed E-state index contributed by atoms with van der Waals surface area (Å²) in [6, 6.07) is 0. The van der Waals surface area contributed by atoms with Crippen molar-refractivity contribution in [2.75, 3.05) is 14.1 Å². The van der Waals surface area contributed by atoms with Crippen molar-refractivity contribution >= 4 is 12.6 Å². The van der Waals surface area contributed by atoms with Crippen LogP contribution in [0.25, 0.3) is 0 Å². The minimum absolute atomic E-state index is 0.248. The number of nitrogens with two attached hydrogens (primary N) is 2. The van der Waals surface area contributed by atoms with E-state index in [1.807, 2.05) is 14.1 Å². The fourth-order valence-electron chi connectivity index (χ4n) is 0.258. The van der Waals surface area contributed by atoms with Gasteiger partial charge in [-0.3, -0.25) is 0 Å². The number of hydrogen-bond donors (Lipinski definition) is 3. The van der Waals surface area contributed by atoms with Crippen molar-refractivity contribution in [2.45, 2.75) is 0 Å². The summed E-state index contributed by atoms with van der Waals surface area (Å²) in [6.45, 7) is 0. The predicted molar refractivity (Wildman–Crippen MR) is 38.1 cm³/mol. The molecule has 0 spiro atoms. The molecule has 0 heterocycles. The lowest BCUT2D eigenvalue weighted by Gasteiger charge is -2.11. The van der Waals surface area contributed by atoms with Gasteiger partial charge in [-0.25, -0.2) is 0 Å². The van der Waals surface area contributed by atoms with Crippen molar-refractivity contribution in [1.29, 1.82) is 0 Å². The molecule has 4 N–H and O–H groups in total. The summed E-state index contributed by atoms with van der Waals surface area (Å²) in [5.74, 6) is 0.248. The molecule has 0 bridgehead atoms. The van der Waals surface area contributed by atoms with Crippen LogP contribution in [0.3, 0.4) is 0 Å². The molecule has 0 radical (unpaired) electrons. The summed E-state index contributed by atoms with van der Waals surface area (Å²) in [5.41, 5.74) is 10.4. The Morgan fingerprint density at radius 1 is 1.38 bits per heavy atom. The first-order valence-electron chi connectivity index (χ1n) is 2.17. The molecule has 0 aromatic carbocycles. The molecular weight excluding hydrogens is 122 g/mol. The second kappa shape index (κ2) is 2.71. The first-order chi connectivity index (χ1) is 3.55. The van der Waals surface area contributed by atoms with Crippen LogP contribution in [0, 0.1) is 0 Å². The SMILES string of the molecule is CN(C)C(S)=C(N)N. The Bertz CT molecular complexity index is 104. The van der Waals surface area contributed by atoms with Crippen LogP contribution in [0.15, 0.2) is 10.9 Å². The van der Waals surface area contributed by atoms with E-state index in [9.17, 15) is 0 Å². The molecule has 0 aromatic rings. The lowest BCUT2D eigenvalue weighted by Crippen LogP contribution is -2.18. The van der Waals surface area contributed by atoms with Crippen LogP contribution in [0.1, 0.15) is 0 Å². The Hall–Kier alpha value is -0.510. The highest BCUT2D eigenvalue weighted by molar-refractivity contribution is 7.84. The van der Waals surface area contributed by atoms with Crippen molar-refractivity contribution < 1.29 is 0 Å². The summed E-state index contributed by atoms with van der Waals surface area (Å²) < 4.78 is 0. The monoisotopic (exact) mass is 133 g/mol. The summed E-state index contributed by atoms with van der Waals surface area (Å²) in [5, 5.41) is 0.602. The zero-order valence-electron chi connectivity index (χ0n) is 5.05. The van der Waals surface area contributed by atoms with E-state index in [2.05, 4.69) is 12.6 Å². The van der Waals surface area contributed by atoms with Gasteiger partial charge in [0, 0.05) is 14.1 Å². The van der Waals surface area contributed by atoms with Gasteiger partial charge >= 0.3 is 0 Å². The summed E-state index contributed by atoms with van der Waals surface area (Å²) in [6.07, 6.45) is 0. The molecule has 0 aliphatic rings. The maximum Gasteiger partial charge on any atom is 0.124 e. The molecular formula is C4H11N3S. The third-order valence-electron chi connectivity index (χ3n) is 0.682. The zero-order valence-corrected chi connectivity index (χ0v) is 5.94. The van der Waals surface area contributed by atoms with Crippen molar-refractivity contribution in [1.82, 2.24) is 4.90 Å². The molecule has 0 aliphatic carbocycles. The van der Waals surface area contributed by atoms with Gasteiger partial charge in [0.1, 0.15) is 10.9 Å². The van der Waals surface area contributed by atoms with Crippen LogP contribution in [-0.2, 0) is 0 Å². The molecule has 0 fully saturated rings. The maximum absolute atomic E-state index is 5.18. The van der Waals surface area contributed by atoms with Crippen LogP contribution >= 0.6 is 12.6 Å². The number of rotatable bonds is 1. The topological polar surface area (TPSA) is 55.3 Å². The summed E-state index contributed by atoms with van der Waals surface area (Å²) >= 11 is 3.98. The van der Waals surface area contributed by atoms with Crippen molar-refractivity contribution in [2.24, 2.45) is 11.5 Å². The van der Waals surface area contributed by atoms with Crippen LogP contribution in [-0.4, -0.2) is 19.0 Å². The molecule has 48 valence electrons. The van der Waals surface area contributed by atoms with Crippen molar-refractivity contribution in [3.8, 4) is 0 Å². The normalized spacial score (nSPS) is 8.38. The van der Waals surface area contributed by atoms with E-state index in [-0.39, 0.29) is 5.82 Å². The standard InChI is InChI=1S/C4H11N3S/c1-7(2)4(8)3(5)6/h8H,5-6H2,1-2H3. The van der Waals surface area contributed by atoms with Gasteiger partial charge in [0.05, 0.1) is 0 Å². The highest BCUT2D eigenvalue weighted by atomic mass is 32.1. The Kier molecular flexibility index (Phi) is 2.54. The van der Waals surface area contributed by atoms with E-state index in [1.54, 1.807) is 4.90 Å². The Morgan fingerprint density at radius 3 is 1.75 bits per heavy atom. The van der Waals surface area contributed by atoms with E-state index < -0.39 is 0 Å². The highest BCUT2D eigenvalue weighted by Crippen LogP contribution is 2.01. The summed E-state index contributed by atoms with van der Waals surface area (Å²) in [4.78, 5) is 1.73. The van der Waals surface area contributed by atoms with Gasteiger partial charge < -0.3 is 16.4 Å². The molecule has 0 saturated carbocycles. The predicted octanol–water partition coefficient (Wildman–Crippen LogP) is -0.478. The largest absolute Gasteiger partial charge is 0.384 e. The van der Waals surface area contributed by atoms with Gasteiger partial charge in [-0.15, -0.1) is 12.6 Å². The zero-order chi connectivity index (χ0) is 6.73. The molecule has 3 nitrogen and oxygen atoms in total. The van der Waals surface area contributed by atoms with E-state index in [0.29, 0.717) is 5.03 Å². The molecule has 0 amide bonds. The van der Waals surface area contributed by atoms with Crippen molar-refractivity contribution in [3.63, 3.8) is 0 Å². The van der Waals surface area contributed by atoms with Crippen LogP contribution < -0.4 is 11.5 Å². The molecule has 0 atom stereocenters. The quantitative estimate of drug-likeness (QED) is 0.424. The third-order valence-corrected chi connectivity index (χ3v) is 1.34. The van der Waals surface area contributed by atoms with Gasteiger partial charge in [0.2, 0.25) is 0 Å². The van der Waals surface area contributed by atoms with E-state index in [0.717, 1.165) is 0 Å². The molecule has 8 heavy (non-hydrogen) atoms. The van der Waals surface area contributed by atoms with Gasteiger partial charge in [0.25, 0.3) is 0 Å². The molecule has 0 rings (SSSR count). The molecule has 0 unspecified atom stereocenters. The first kappa shape index (κ1) is 7.49. The Labute approximate surface area is 54.7 Å². The lowest BCUT2D eigenvalue weighted by molar-refractivity contribution is 0.543. The molecule has 0 saturated heterocycles. The number of thiol groups is 1. The van der Waals surface area contributed by atoms with E-state index in [4.69, 9.17) is 11.5 Å². The van der Waals surface area contributed by atoms with Crippen LogP contribution in [0.5, 0.6) is 0 Å². The highest BCUT2D eigenvalue weighted by Gasteiger charge is 1.93. The van der Waals surface area contributed by atoms with Crippen molar-refractivity contribution in [3.05, 3.63) is 10.9 Å². The smallest absolute Gasteiger partial charge is 0.124 e. The average Bonchev–Trinajstić information content (AvgIpc) is 1.64. The van der Waals surface area contributed by atoms with Crippen LogP contribution in [0.4, 0.5) is 0 Å². The fraction of sp³-hybridized carbons (Fsp3) is 0.500. The van der Waals surface area contributed by atoms with E-state index in [1.165, 1.54) is 0 Å². The van der Waals surface area contributed by atoms with Gasteiger partial charge in [-0.05, 0) is 0 Å². The molecule has 4 heteroatoms. The second-order valence-corrected chi connectivity index (χ2v) is 2.10. The minimum Gasteiger partial charge on any atom is -0.384 e. The average molecular weight is 133 g/mol. The van der Waals surface area contributed by atoms with Gasteiger partial charge in [-0.2, -0.15) is 0 Å². The number of hydrogen-bond acceptors (Lipinski definition) is 4. The maximum atomic E-state index is 5.18.